The molecule has 1 N–H and O–H groups in total. The zero-order valence-electron chi connectivity index (χ0n) is 34.3. The van der Waals surface area contributed by atoms with Crippen molar-refractivity contribution in [3.05, 3.63) is 178 Å². The van der Waals surface area contributed by atoms with Crippen molar-refractivity contribution in [2.75, 3.05) is 33.9 Å². The summed E-state index contributed by atoms with van der Waals surface area (Å²) < 4.78 is 46.9. The Labute approximate surface area is 359 Å². The molecule has 4 aromatic carbocycles. The first-order valence-electron chi connectivity index (χ1n) is 20.0. The minimum absolute atomic E-state index is 0. The first kappa shape index (κ1) is 41.2. The number of aromatic nitrogens is 4. The van der Waals surface area contributed by atoms with Gasteiger partial charge in [0.25, 0.3) is 0 Å². The summed E-state index contributed by atoms with van der Waals surface area (Å²) in [4.78, 5) is 25.5. The van der Waals surface area contributed by atoms with Crippen LogP contribution in [-0.4, -0.2) is 64.3 Å². The van der Waals surface area contributed by atoms with Gasteiger partial charge in [-0.05, 0) is 72.5 Å². The molecule has 0 saturated carbocycles. The number of nitrogens with zero attached hydrogens (tertiary/aromatic N) is 5. The predicted octanol–water partition coefficient (Wildman–Crippen LogP) is 9.19. The number of fused-ring (bicyclic) bond motifs is 2. The third-order valence-corrected chi connectivity index (χ3v) is 12.1. The molecular weight excluding hydrogens is 794 g/mol. The summed E-state index contributed by atoms with van der Waals surface area (Å²) in [5, 5.41) is 5.28. The Kier molecular flexibility index (Phi) is 11.4. The number of amides is 1. The molecule has 9 nitrogen and oxygen atoms in total. The number of carbonyl (C=O) groups is 1. The Morgan fingerprint density at radius 2 is 1.15 bits per heavy atom. The number of hydrogen-bond donors (Lipinski definition) is 1. The SMILES string of the molecule is COc1cc2c(cn1)c(C1(c3c(Cc4cccc(F)c4C)n(-c4ccccc4)c4cc(OC)ncc34)CNCCN1C=O)c(Cc1cccc(F)c1C)n2-c1ccccc1.Cl. The second kappa shape index (κ2) is 16.8. The number of ether oxygens (including phenoxy) is 2. The van der Waals surface area contributed by atoms with Crippen LogP contribution >= 0.6 is 12.4 Å². The Morgan fingerprint density at radius 3 is 1.57 bits per heavy atom. The van der Waals surface area contributed by atoms with E-state index in [9.17, 15) is 4.79 Å². The van der Waals surface area contributed by atoms with E-state index in [1.165, 1.54) is 12.1 Å². The largest absolute Gasteiger partial charge is 0.481 e. The molecule has 1 aliphatic heterocycles. The van der Waals surface area contributed by atoms with Gasteiger partial charge in [0.2, 0.25) is 18.2 Å². The number of rotatable bonds is 11. The lowest BCUT2D eigenvalue weighted by Gasteiger charge is -2.47. The lowest BCUT2D eigenvalue weighted by Crippen LogP contribution is -2.59. The number of nitrogens with one attached hydrogen (secondary N) is 1. The highest BCUT2D eigenvalue weighted by Gasteiger charge is 2.49. The molecule has 8 aromatic rings. The molecule has 310 valence electrons. The minimum Gasteiger partial charge on any atom is -0.481 e. The molecule has 1 aliphatic rings. The van der Waals surface area contributed by atoms with Crippen LogP contribution < -0.4 is 14.8 Å². The van der Waals surface area contributed by atoms with Crippen LogP contribution in [0.1, 0.15) is 44.8 Å². The maximum Gasteiger partial charge on any atom is 0.215 e. The van der Waals surface area contributed by atoms with Crippen molar-refractivity contribution >= 4 is 40.6 Å². The van der Waals surface area contributed by atoms with E-state index in [1.807, 2.05) is 102 Å². The number of carbonyl (C=O) groups excluding carboxylic acids is 1. The summed E-state index contributed by atoms with van der Waals surface area (Å²) in [6.45, 7) is 4.81. The van der Waals surface area contributed by atoms with Crippen LogP contribution in [0.15, 0.2) is 122 Å². The molecule has 5 heterocycles. The predicted molar refractivity (Wildman–Crippen MR) is 237 cm³/mol. The normalized spacial score (nSPS) is 13.6. The van der Waals surface area contributed by atoms with Gasteiger partial charge in [-0.25, -0.2) is 18.7 Å². The highest BCUT2D eigenvalue weighted by molar-refractivity contribution is 5.94. The maximum atomic E-state index is 15.5. The molecule has 61 heavy (non-hydrogen) atoms. The second-order valence-corrected chi connectivity index (χ2v) is 15.2. The molecular formula is C49H45ClF2N6O3. The van der Waals surface area contributed by atoms with Gasteiger partial charge < -0.3 is 28.8 Å². The minimum atomic E-state index is -1.24. The van der Waals surface area contributed by atoms with Gasteiger partial charge in [0.05, 0.1) is 25.3 Å². The smallest absolute Gasteiger partial charge is 0.215 e. The molecule has 0 bridgehead atoms. The molecule has 4 aromatic heterocycles. The Hall–Kier alpha value is -6.56. The van der Waals surface area contributed by atoms with Gasteiger partial charge in [0.1, 0.15) is 17.2 Å². The first-order chi connectivity index (χ1) is 29.3. The van der Waals surface area contributed by atoms with E-state index >= 15 is 8.78 Å². The Morgan fingerprint density at radius 1 is 0.689 bits per heavy atom. The van der Waals surface area contributed by atoms with Crippen LogP contribution in [0.4, 0.5) is 8.78 Å². The van der Waals surface area contributed by atoms with Crippen LogP contribution in [0.25, 0.3) is 33.2 Å². The summed E-state index contributed by atoms with van der Waals surface area (Å²) in [7, 11) is 3.17. The topological polar surface area (TPSA) is 86.4 Å². The van der Waals surface area contributed by atoms with E-state index in [0.717, 1.165) is 73.2 Å². The van der Waals surface area contributed by atoms with Gasteiger partial charge in [0.15, 0.2) is 0 Å². The summed E-state index contributed by atoms with van der Waals surface area (Å²) in [6.07, 6.45) is 5.18. The standard InChI is InChI=1S/C49H44F2N6O3.ClH/c1-31-33(13-11-19-39(31)50)23-43-47(37-27-53-45(59-3)25-41(37)56(43)35-15-7-5-8-16-35)49(29-52-21-22-55(49)30-58)48-38-28-54-46(60-4)26-42(38)57(36-17-9-6-10-18-36)44(48)24-34-14-12-20-40(51)32(34)2;/h5-20,25-28,30,52H,21-24,29H2,1-4H3;1H. The summed E-state index contributed by atoms with van der Waals surface area (Å²) in [5.41, 5.74) is 8.08. The van der Waals surface area contributed by atoms with Gasteiger partial charge in [-0.1, -0.05) is 60.7 Å². The molecule has 1 amide bonds. The average molecular weight is 839 g/mol. The quantitative estimate of drug-likeness (QED) is 0.131. The van der Waals surface area contributed by atoms with Crippen LogP contribution in [-0.2, 0) is 23.2 Å². The van der Waals surface area contributed by atoms with Crippen LogP contribution in [0.3, 0.4) is 0 Å². The highest BCUT2D eigenvalue weighted by atomic mass is 35.5. The van der Waals surface area contributed by atoms with Crippen molar-refractivity contribution in [2.24, 2.45) is 0 Å². The van der Waals surface area contributed by atoms with E-state index in [-0.39, 0.29) is 24.0 Å². The second-order valence-electron chi connectivity index (χ2n) is 15.2. The number of methoxy groups -OCH3 is 2. The summed E-state index contributed by atoms with van der Waals surface area (Å²) in [5.74, 6) is 0.225. The molecule has 1 fully saturated rings. The van der Waals surface area contributed by atoms with Crippen molar-refractivity contribution in [1.29, 1.82) is 0 Å². The number of hydrogen-bond acceptors (Lipinski definition) is 6. The molecule has 1 saturated heterocycles. The molecule has 0 radical (unpaired) electrons. The number of para-hydroxylation sites is 2. The van der Waals surface area contributed by atoms with Gasteiger partial charge >= 0.3 is 0 Å². The number of pyridine rings is 2. The number of benzene rings is 4. The lowest BCUT2D eigenvalue weighted by molar-refractivity contribution is -0.124. The van der Waals surface area contributed by atoms with Crippen molar-refractivity contribution < 1.29 is 23.0 Å². The number of halogens is 3. The van der Waals surface area contributed by atoms with Crippen LogP contribution in [0.5, 0.6) is 11.8 Å². The van der Waals surface area contributed by atoms with Gasteiger partial charge in [-0.3, -0.25) is 4.79 Å². The third kappa shape index (κ3) is 6.87. The van der Waals surface area contributed by atoms with Crippen molar-refractivity contribution in [2.45, 2.75) is 32.2 Å². The van der Waals surface area contributed by atoms with Crippen LogP contribution in [0, 0.1) is 25.5 Å². The van der Waals surface area contributed by atoms with Crippen LogP contribution in [0.2, 0.25) is 0 Å². The molecule has 0 aliphatic carbocycles. The fourth-order valence-corrected chi connectivity index (χ4v) is 9.20. The molecule has 9 rings (SSSR count). The first-order valence-corrected chi connectivity index (χ1v) is 20.0. The third-order valence-electron chi connectivity index (χ3n) is 12.1. The van der Waals surface area contributed by atoms with E-state index < -0.39 is 5.54 Å². The Bertz CT molecular complexity index is 2720. The zero-order chi connectivity index (χ0) is 41.5. The zero-order valence-corrected chi connectivity index (χ0v) is 35.1. The van der Waals surface area contributed by atoms with Crippen molar-refractivity contribution in [1.82, 2.24) is 29.3 Å². The van der Waals surface area contributed by atoms with E-state index in [0.29, 0.717) is 55.4 Å². The van der Waals surface area contributed by atoms with Crippen molar-refractivity contribution in [3.8, 4) is 23.1 Å². The molecule has 0 atom stereocenters. The van der Waals surface area contributed by atoms with Gasteiger partial charge in [-0.15, -0.1) is 12.4 Å². The molecule has 0 spiro atoms. The summed E-state index contributed by atoms with van der Waals surface area (Å²) in [6, 6.07) is 34.2. The summed E-state index contributed by atoms with van der Waals surface area (Å²) >= 11 is 0. The van der Waals surface area contributed by atoms with Gasteiger partial charge in [0, 0.05) is 102 Å². The van der Waals surface area contributed by atoms with E-state index in [4.69, 9.17) is 19.4 Å². The average Bonchev–Trinajstić information content (AvgIpc) is 3.78. The highest BCUT2D eigenvalue weighted by Crippen LogP contribution is 2.50. The van der Waals surface area contributed by atoms with Crippen molar-refractivity contribution in [3.63, 3.8) is 0 Å². The van der Waals surface area contributed by atoms with Gasteiger partial charge in [-0.2, -0.15) is 0 Å². The fraction of sp³-hybridized carbons (Fsp3) is 0.204. The Balaban J connectivity index is 0.00000514. The lowest BCUT2D eigenvalue weighted by atomic mass is 9.75. The molecule has 0 unspecified atom stereocenters. The fourth-order valence-electron chi connectivity index (χ4n) is 9.20. The molecule has 12 heteroatoms. The van der Waals surface area contributed by atoms with E-state index in [1.54, 1.807) is 40.2 Å². The number of piperazine rings is 1. The maximum absolute atomic E-state index is 15.5. The van der Waals surface area contributed by atoms with E-state index in [2.05, 4.69) is 14.5 Å². The monoisotopic (exact) mass is 838 g/mol.